The first-order valence-electron chi connectivity index (χ1n) is 8.32. The highest BCUT2D eigenvalue weighted by molar-refractivity contribution is 5.89. The minimum atomic E-state index is -0.873. The molecule has 2 rings (SSSR count). The summed E-state index contributed by atoms with van der Waals surface area (Å²) in [6, 6.07) is 8.67. The van der Waals surface area contributed by atoms with E-state index < -0.39 is 12.0 Å². The van der Waals surface area contributed by atoms with E-state index in [4.69, 9.17) is 5.11 Å². The van der Waals surface area contributed by atoms with Crippen molar-refractivity contribution in [1.29, 1.82) is 0 Å². The van der Waals surface area contributed by atoms with Crippen LogP contribution in [0, 0.1) is 0 Å². The highest BCUT2D eigenvalue weighted by atomic mass is 16.4. The van der Waals surface area contributed by atoms with Gasteiger partial charge in [-0.1, -0.05) is 30.3 Å². The van der Waals surface area contributed by atoms with E-state index in [1.807, 2.05) is 30.3 Å². The van der Waals surface area contributed by atoms with Gasteiger partial charge in [0.2, 0.25) is 11.8 Å². The van der Waals surface area contributed by atoms with E-state index in [1.165, 1.54) is 4.90 Å². The number of amides is 2. The normalized spacial score (nSPS) is 15.9. The topological polar surface area (TPSA) is 77.9 Å². The average Bonchev–Trinajstić information content (AvgIpc) is 2.57. The van der Waals surface area contributed by atoms with Gasteiger partial charge in [0.15, 0.2) is 0 Å². The van der Waals surface area contributed by atoms with Crippen LogP contribution in [0.4, 0.5) is 0 Å². The molecule has 24 heavy (non-hydrogen) atoms. The number of carboxylic acids is 1. The first-order chi connectivity index (χ1) is 11.5. The molecule has 6 nitrogen and oxygen atoms in total. The van der Waals surface area contributed by atoms with E-state index in [1.54, 1.807) is 11.9 Å². The summed E-state index contributed by atoms with van der Waals surface area (Å²) in [7, 11) is 1.66. The maximum Gasteiger partial charge on any atom is 0.303 e. The maximum absolute atomic E-state index is 12.9. The smallest absolute Gasteiger partial charge is 0.303 e. The summed E-state index contributed by atoms with van der Waals surface area (Å²) in [4.78, 5) is 39.1. The van der Waals surface area contributed by atoms with Gasteiger partial charge < -0.3 is 14.9 Å². The summed E-state index contributed by atoms with van der Waals surface area (Å²) in [6.07, 6.45) is 2.65. The van der Waals surface area contributed by atoms with Crippen LogP contribution in [0.2, 0.25) is 0 Å². The molecular formula is C18H24N2O4. The van der Waals surface area contributed by atoms with Gasteiger partial charge in [0, 0.05) is 33.0 Å². The number of carbonyl (C=O) groups is 3. The minimum Gasteiger partial charge on any atom is -0.481 e. The summed E-state index contributed by atoms with van der Waals surface area (Å²) < 4.78 is 0. The predicted molar refractivity (Wildman–Crippen MR) is 89.3 cm³/mol. The van der Waals surface area contributed by atoms with Crippen LogP contribution in [0.3, 0.4) is 0 Å². The number of likely N-dealkylation sites (tertiary alicyclic amines) is 1. The predicted octanol–water partition coefficient (Wildman–Crippen LogP) is 2.06. The first-order valence-corrected chi connectivity index (χ1v) is 8.32. The van der Waals surface area contributed by atoms with Crippen molar-refractivity contribution in [3.05, 3.63) is 35.9 Å². The molecule has 1 unspecified atom stereocenters. The van der Waals surface area contributed by atoms with Crippen molar-refractivity contribution in [2.75, 3.05) is 20.1 Å². The van der Waals surface area contributed by atoms with Crippen LogP contribution in [0.15, 0.2) is 30.3 Å². The van der Waals surface area contributed by atoms with Crippen LogP contribution in [0.1, 0.15) is 43.7 Å². The zero-order valence-corrected chi connectivity index (χ0v) is 14.0. The standard InChI is InChI=1S/C18H24N2O4/c1-19(12-7-11-16(22)23)18(24)17(14-8-3-2-4-9-14)20-13-6-5-10-15(20)21/h2-4,8-9,17H,5-7,10-13H2,1H3,(H,22,23). The SMILES string of the molecule is CN(CCCC(=O)O)C(=O)C(c1ccccc1)N1CCCCC1=O. The fraction of sp³-hybridized carbons (Fsp3) is 0.500. The lowest BCUT2D eigenvalue weighted by atomic mass is 10.00. The minimum absolute atomic E-state index is 0.00221. The number of nitrogens with zero attached hydrogens (tertiary/aromatic N) is 2. The molecule has 0 radical (unpaired) electrons. The van der Waals surface area contributed by atoms with E-state index in [9.17, 15) is 14.4 Å². The molecule has 1 saturated heterocycles. The molecule has 6 heteroatoms. The van der Waals surface area contributed by atoms with Gasteiger partial charge in [0.25, 0.3) is 0 Å². The summed E-state index contributed by atoms with van der Waals surface area (Å²) in [5.74, 6) is -1.04. The molecule has 0 aliphatic carbocycles. The molecule has 1 aromatic carbocycles. The number of benzene rings is 1. The number of aliphatic carboxylic acids is 1. The monoisotopic (exact) mass is 332 g/mol. The molecule has 0 saturated carbocycles. The second kappa shape index (κ2) is 8.47. The Kier molecular flexibility index (Phi) is 6.35. The third kappa shape index (κ3) is 4.57. The molecule has 1 heterocycles. The van der Waals surface area contributed by atoms with Crippen molar-refractivity contribution in [3.8, 4) is 0 Å². The Morgan fingerprint density at radius 2 is 1.96 bits per heavy atom. The third-order valence-electron chi connectivity index (χ3n) is 4.28. The fourth-order valence-corrected chi connectivity index (χ4v) is 2.98. The van der Waals surface area contributed by atoms with Crippen molar-refractivity contribution >= 4 is 17.8 Å². The number of hydrogen-bond acceptors (Lipinski definition) is 3. The molecule has 0 aromatic heterocycles. The number of likely N-dealkylation sites (N-methyl/N-ethyl adjacent to an activating group) is 1. The molecule has 1 atom stereocenters. The first kappa shape index (κ1) is 18.0. The van der Waals surface area contributed by atoms with Gasteiger partial charge in [0.05, 0.1) is 0 Å². The Morgan fingerprint density at radius 3 is 2.58 bits per heavy atom. The molecule has 1 N–H and O–H groups in total. The van der Waals surface area contributed by atoms with E-state index in [-0.39, 0.29) is 18.2 Å². The van der Waals surface area contributed by atoms with Gasteiger partial charge in [0.1, 0.15) is 6.04 Å². The van der Waals surface area contributed by atoms with E-state index in [0.29, 0.717) is 25.9 Å². The van der Waals surface area contributed by atoms with Crippen molar-refractivity contribution in [2.45, 2.75) is 38.1 Å². The largest absolute Gasteiger partial charge is 0.481 e. The highest BCUT2D eigenvalue weighted by Gasteiger charge is 2.34. The maximum atomic E-state index is 12.9. The second-order valence-electron chi connectivity index (χ2n) is 6.11. The lowest BCUT2D eigenvalue weighted by Crippen LogP contribution is -2.46. The Hall–Kier alpha value is -2.37. The van der Waals surface area contributed by atoms with Crippen LogP contribution >= 0.6 is 0 Å². The van der Waals surface area contributed by atoms with Crippen molar-refractivity contribution < 1.29 is 19.5 Å². The van der Waals surface area contributed by atoms with Gasteiger partial charge in [-0.05, 0) is 24.8 Å². The van der Waals surface area contributed by atoms with Gasteiger partial charge in [-0.2, -0.15) is 0 Å². The van der Waals surface area contributed by atoms with Crippen LogP contribution in [-0.2, 0) is 14.4 Å². The molecule has 1 aromatic rings. The molecular weight excluding hydrogens is 308 g/mol. The van der Waals surface area contributed by atoms with E-state index in [0.717, 1.165) is 18.4 Å². The van der Waals surface area contributed by atoms with Crippen molar-refractivity contribution in [1.82, 2.24) is 9.80 Å². The van der Waals surface area contributed by atoms with Gasteiger partial charge in [-0.3, -0.25) is 14.4 Å². The second-order valence-corrected chi connectivity index (χ2v) is 6.11. The number of hydrogen-bond donors (Lipinski definition) is 1. The average molecular weight is 332 g/mol. The van der Waals surface area contributed by atoms with Crippen LogP contribution < -0.4 is 0 Å². The Labute approximate surface area is 142 Å². The quantitative estimate of drug-likeness (QED) is 0.829. The van der Waals surface area contributed by atoms with E-state index >= 15 is 0 Å². The van der Waals surface area contributed by atoms with Crippen molar-refractivity contribution in [2.24, 2.45) is 0 Å². The lowest BCUT2D eigenvalue weighted by molar-refractivity contribution is -0.147. The van der Waals surface area contributed by atoms with Crippen LogP contribution in [-0.4, -0.2) is 52.8 Å². The fourth-order valence-electron chi connectivity index (χ4n) is 2.98. The molecule has 2 amide bonds. The Balaban J connectivity index is 2.17. The summed E-state index contributed by atoms with van der Waals surface area (Å²) in [6.45, 7) is 0.934. The van der Waals surface area contributed by atoms with Crippen LogP contribution in [0.25, 0.3) is 0 Å². The zero-order valence-electron chi connectivity index (χ0n) is 14.0. The van der Waals surface area contributed by atoms with Crippen LogP contribution in [0.5, 0.6) is 0 Å². The molecule has 1 aliphatic rings. The zero-order chi connectivity index (χ0) is 17.5. The summed E-state index contributed by atoms with van der Waals surface area (Å²) in [5.41, 5.74) is 0.794. The summed E-state index contributed by atoms with van der Waals surface area (Å²) in [5, 5.41) is 8.73. The number of carbonyl (C=O) groups excluding carboxylic acids is 2. The molecule has 0 bridgehead atoms. The molecule has 0 spiro atoms. The van der Waals surface area contributed by atoms with E-state index in [2.05, 4.69) is 0 Å². The van der Waals surface area contributed by atoms with Gasteiger partial charge in [-0.15, -0.1) is 0 Å². The Morgan fingerprint density at radius 1 is 1.25 bits per heavy atom. The number of piperidine rings is 1. The lowest BCUT2D eigenvalue weighted by Gasteiger charge is -2.36. The molecule has 1 fully saturated rings. The molecule has 1 aliphatic heterocycles. The summed E-state index contributed by atoms with van der Waals surface area (Å²) >= 11 is 0. The van der Waals surface area contributed by atoms with Crippen molar-refractivity contribution in [3.63, 3.8) is 0 Å². The van der Waals surface area contributed by atoms with Gasteiger partial charge in [-0.25, -0.2) is 0 Å². The number of carboxylic acid groups (broad SMARTS) is 1. The molecule has 130 valence electrons. The highest BCUT2D eigenvalue weighted by Crippen LogP contribution is 2.27. The number of rotatable bonds is 7. The third-order valence-corrected chi connectivity index (χ3v) is 4.28. The van der Waals surface area contributed by atoms with Gasteiger partial charge >= 0.3 is 5.97 Å². The Bertz CT molecular complexity index is 588.